The molecule has 6 heteroatoms. The summed E-state index contributed by atoms with van der Waals surface area (Å²) in [4.78, 5) is 12.0. The third-order valence-corrected chi connectivity index (χ3v) is 3.94. The predicted octanol–water partition coefficient (Wildman–Crippen LogP) is 3.66. The van der Waals surface area contributed by atoms with Crippen LogP contribution in [0.25, 0.3) is 0 Å². The lowest BCUT2D eigenvalue weighted by molar-refractivity contribution is -0.137. The number of amides is 1. The normalized spacial score (nSPS) is 16.2. The van der Waals surface area contributed by atoms with Crippen molar-refractivity contribution in [2.75, 3.05) is 13.1 Å². The maximum Gasteiger partial charge on any atom is 0.416 e. The average molecular weight is 328 g/mol. The summed E-state index contributed by atoms with van der Waals surface area (Å²) in [7, 11) is 0. The first kappa shape index (κ1) is 17.8. The Kier molecular flexibility index (Phi) is 6.04. The number of carbonyl (C=O) groups excluding carboxylic acids is 1. The summed E-state index contributed by atoms with van der Waals surface area (Å²) in [6, 6.07) is 4.80. The molecule has 1 aromatic carbocycles. The minimum atomic E-state index is -4.37. The number of halogens is 3. The molecule has 0 radical (unpaired) electrons. The molecule has 1 aromatic rings. The molecular weight excluding hydrogens is 305 g/mol. The first-order chi connectivity index (χ1) is 10.9. The lowest BCUT2D eigenvalue weighted by Gasteiger charge is -2.20. The minimum absolute atomic E-state index is 0.179. The third kappa shape index (κ3) is 5.86. The number of hydrogen-bond acceptors (Lipinski definition) is 2. The van der Waals surface area contributed by atoms with Gasteiger partial charge in [0, 0.05) is 0 Å². The van der Waals surface area contributed by atoms with Crippen molar-refractivity contribution >= 4 is 5.91 Å². The van der Waals surface area contributed by atoms with Crippen molar-refractivity contribution in [3.05, 3.63) is 35.4 Å². The van der Waals surface area contributed by atoms with E-state index < -0.39 is 17.8 Å². The molecular formula is C17H23F3N2O. The van der Waals surface area contributed by atoms with Gasteiger partial charge in [0.25, 0.3) is 0 Å². The van der Waals surface area contributed by atoms with Gasteiger partial charge in [-0.15, -0.1) is 0 Å². The van der Waals surface area contributed by atoms with Gasteiger partial charge >= 0.3 is 6.18 Å². The lowest BCUT2D eigenvalue weighted by Crippen LogP contribution is -2.37. The van der Waals surface area contributed by atoms with Gasteiger partial charge in [-0.3, -0.25) is 4.79 Å². The molecule has 0 aliphatic heterocycles. The Hall–Kier alpha value is -1.56. The molecule has 0 bridgehead atoms. The fourth-order valence-corrected chi connectivity index (χ4v) is 2.50. The second-order valence-corrected chi connectivity index (χ2v) is 6.11. The Morgan fingerprint density at radius 1 is 1.35 bits per heavy atom. The van der Waals surface area contributed by atoms with Crippen molar-refractivity contribution in [2.24, 2.45) is 5.92 Å². The molecule has 1 aliphatic rings. The molecule has 0 saturated heterocycles. The lowest BCUT2D eigenvalue weighted by atomic mass is 10.00. The highest BCUT2D eigenvalue weighted by atomic mass is 19.4. The summed E-state index contributed by atoms with van der Waals surface area (Å²) in [5.74, 6) is 0.499. The van der Waals surface area contributed by atoms with Crippen LogP contribution in [0.2, 0.25) is 0 Å². The van der Waals surface area contributed by atoms with Crippen LogP contribution >= 0.6 is 0 Å². The highest BCUT2D eigenvalue weighted by Gasteiger charge is 2.31. The summed E-state index contributed by atoms with van der Waals surface area (Å²) in [5, 5.41) is 5.93. The summed E-state index contributed by atoms with van der Waals surface area (Å²) in [6.45, 7) is 2.98. The molecule has 1 saturated carbocycles. The van der Waals surface area contributed by atoms with Gasteiger partial charge in [-0.05, 0) is 49.4 Å². The highest BCUT2D eigenvalue weighted by Crippen LogP contribution is 2.31. The zero-order valence-corrected chi connectivity index (χ0v) is 13.2. The maximum absolute atomic E-state index is 12.8. The molecule has 3 nitrogen and oxygen atoms in total. The zero-order chi connectivity index (χ0) is 16.9. The van der Waals surface area contributed by atoms with Gasteiger partial charge in [0.2, 0.25) is 5.91 Å². The van der Waals surface area contributed by atoms with Crippen LogP contribution in [0.4, 0.5) is 13.2 Å². The number of alkyl halides is 3. The Labute approximate surface area is 134 Å². The molecule has 0 aromatic heterocycles. The van der Waals surface area contributed by atoms with Crippen molar-refractivity contribution in [2.45, 2.75) is 44.8 Å². The van der Waals surface area contributed by atoms with Crippen LogP contribution in [0, 0.1) is 5.92 Å². The molecule has 1 fully saturated rings. The molecule has 0 spiro atoms. The Morgan fingerprint density at radius 3 is 2.70 bits per heavy atom. The van der Waals surface area contributed by atoms with Crippen molar-refractivity contribution in [1.29, 1.82) is 0 Å². The number of carbonyl (C=O) groups is 1. The van der Waals surface area contributed by atoms with E-state index in [-0.39, 0.29) is 12.5 Å². The van der Waals surface area contributed by atoms with Gasteiger partial charge in [0.1, 0.15) is 0 Å². The summed E-state index contributed by atoms with van der Waals surface area (Å²) < 4.78 is 38.5. The number of hydrogen-bond donors (Lipinski definition) is 2. The minimum Gasteiger partial charge on any atom is -0.348 e. The molecule has 2 N–H and O–H groups in total. The van der Waals surface area contributed by atoms with Crippen LogP contribution in [0.15, 0.2) is 24.3 Å². The number of nitrogens with one attached hydrogen (secondary N) is 2. The van der Waals surface area contributed by atoms with E-state index in [1.165, 1.54) is 18.9 Å². The van der Waals surface area contributed by atoms with Gasteiger partial charge in [-0.1, -0.05) is 25.5 Å². The van der Waals surface area contributed by atoms with Crippen LogP contribution in [-0.4, -0.2) is 19.0 Å². The molecule has 1 amide bonds. The van der Waals surface area contributed by atoms with Crippen molar-refractivity contribution in [1.82, 2.24) is 10.6 Å². The second-order valence-electron chi connectivity index (χ2n) is 6.11. The molecule has 1 aliphatic carbocycles. The summed E-state index contributed by atoms with van der Waals surface area (Å²) in [5.41, 5.74) is -0.186. The molecule has 23 heavy (non-hydrogen) atoms. The second kappa shape index (κ2) is 7.81. The SMILES string of the molecule is CCCC(NC(=O)CNCC1CC1)c1cccc(C(F)(F)F)c1. The summed E-state index contributed by atoms with van der Waals surface area (Å²) in [6.07, 6.45) is -0.580. The third-order valence-electron chi connectivity index (χ3n) is 3.94. The van der Waals surface area contributed by atoms with Crippen LogP contribution in [0.1, 0.15) is 49.8 Å². The Balaban J connectivity index is 1.97. The summed E-state index contributed by atoms with van der Waals surface area (Å²) >= 11 is 0. The quantitative estimate of drug-likeness (QED) is 0.764. The maximum atomic E-state index is 12.8. The van der Waals surface area contributed by atoms with E-state index in [4.69, 9.17) is 0 Å². The Bertz CT molecular complexity index is 527. The van der Waals surface area contributed by atoms with E-state index >= 15 is 0 Å². The standard InChI is InChI=1S/C17H23F3N2O/c1-2-4-15(22-16(23)11-21-10-12-7-8-12)13-5-3-6-14(9-13)17(18,19)20/h3,5-6,9,12,15,21H,2,4,7-8,10-11H2,1H3,(H,22,23). The van der Waals surface area contributed by atoms with Gasteiger partial charge < -0.3 is 10.6 Å². The van der Waals surface area contributed by atoms with Gasteiger partial charge in [-0.2, -0.15) is 13.2 Å². The van der Waals surface area contributed by atoms with Gasteiger partial charge in [0.05, 0.1) is 18.2 Å². The number of rotatable bonds is 8. The molecule has 1 atom stereocenters. The molecule has 2 rings (SSSR count). The predicted molar refractivity (Wildman–Crippen MR) is 82.8 cm³/mol. The highest BCUT2D eigenvalue weighted by molar-refractivity contribution is 5.78. The fraction of sp³-hybridized carbons (Fsp3) is 0.588. The van der Waals surface area contributed by atoms with Gasteiger partial charge in [0.15, 0.2) is 0 Å². The first-order valence-electron chi connectivity index (χ1n) is 8.07. The van der Waals surface area contributed by atoms with Crippen molar-refractivity contribution in [3.8, 4) is 0 Å². The van der Waals surface area contributed by atoms with Crippen molar-refractivity contribution < 1.29 is 18.0 Å². The topological polar surface area (TPSA) is 41.1 Å². The first-order valence-corrected chi connectivity index (χ1v) is 8.07. The molecule has 128 valence electrons. The van der Waals surface area contributed by atoms with E-state index in [9.17, 15) is 18.0 Å². The van der Waals surface area contributed by atoms with E-state index in [0.29, 0.717) is 17.9 Å². The van der Waals surface area contributed by atoms with Crippen molar-refractivity contribution in [3.63, 3.8) is 0 Å². The van der Waals surface area contributed by atoms with E-state index in [1.54, 1.807) is 6.07 Å². The molecule has 0 heterocycles. The largest absolute Gasteiger partial charge is 0.416 e. The number of benzene rings is 1. The van der Waals surface area contributed by atoms with E-state index in [0.717, 1.165) is 25.1 Å². The van der Waals surface area contributed by atoms with Crippen LogP contribution < -0.4 is 10.6 Å². The smallest absolute Gasteiger partial charge is 0.348 e. The molecule has 1 unspecified atom stereocenters. The zero-order valence-electron chi connectivity index (χ0n) is 13.2. The van der Waals surface area contributed by atoms with E-state index in [1.807, 2.05) is 6.92 Å². The monoisotopic (exact) mass is 328 g/mol. The fourth-order valence-electron chi connectivity index (χ4n) is 2.50. The average Bonchev–Trinajstić information content (AvgIpc) is 3.30. The van der Waals surface area contributed by atoms with Crippen LogP contribution in [0.5, 0.6) is 0 Å². The van der Waals surface area contributed by atoms with Gasteiger partial charge in [-0.25, -0.2) is 0 Å². The van der Waals surface area contributed by atoms with Crippen LogP contribution in [0.3, 0.4) is 0 Å². The van der Waals surface area contributed by atoms with Crippen LogP contribution in [-0.2, 0) is 11.0 Å². The van der Waals surface area contributed by atoms with E-state index in [2.05, 4.69) is 10.6 Å². The Morgan fingerprint density at radius 2 is 2.09 bits per heavy atom.